The van der Waals surface area contributed by atoms with Crippen LogP contribution in [0.5, 0.6) is 0 Å². The summed E-state index contributed by atoms with van der Waals surface area (Å²) in [4.78, 5) is 9.63. The molecule has 2 aliphatic rings. The number of amidine groups is 1. The van der Waals surface area contributed by atoms with E-state index in [9.17, 15) is 5.11 Å². The molecule has 3 heterocycles. The molecule has 5 rings (SSSR count). The summed E-state index contributed by atoms with van der Waals surface area (Å²) in [7, 11) is 0. The number of aliphatic hydroxyl groups is 1. The number of rotatable bonds is 3. The van der Waals surface area contributed by atoms with E-state index in [0.717, 1.165) is 42.7 Å². The van der Waals surface area contributed by atoms with Gasteiger partial charge in [-0.05, 0) is 45.0 Å². The lowest BCUT2D eigenvalue weighted by atomic mass is 10.2. The van der Waals surface area contributed by atoms with Crippen molar-refractivity contribution in [2.24, 2.45) is 4.99 Å². The fraction of sp³-hybridized carbons (Fsp3) is 0.458. The lowest BCUT2D eigenvalue weighted by Crippen LogP contribution is -2.52. The van der Waals surface area contributed by atoms with Gasteiger partial charge < -0.3 is 14.6 Å². The van der Waals surface area contributed by atoms with Gasteiger partial charge in [-0.3, -0.25) is 9.89 Å². The highest BCUT2D eigenvalue weighted by Crippen LogP contribution is 2.37. The van der Waals surface area contributed by atoms with Crippen LogP contribution in [0.25, 0.3) is 21.8 Å². The van der Waals surface area contributed by atoms with E-state index >= 15 is 0 Å². The Bertz CT molecular complexity index is 1150. The maximum atomic E-state index is 10.9. The van der Waals surface area contributed by atoms with E-state index in [1.54, 1.807) is 0 Å². The van der Waals surface area contributed by atoms with Crippen molar-refractivity contribution >= 4 is 54.7 Å². The Kier molecular flexibility index (Phi) is 5.57. The summed E-state index contributed by atoms with van der Waals surface area (Å²) in [6.07, 6.45) is -0.605. The first-order chi connectivity index (χ1) is 14.8. The quantitative estimate of drug-likeness (QED) is 0.553. The van der Waals surface area contributed by atoms with E-state index in [4.69, 9.17) is 4.99 Å². The minimum atomic E-state index is -0.494. The largest absolute Gasteiger partial charge is 0.390 e. The highest BCUT2D eigenvalue weighted by Gasteiger charge is 2.34. The van der Waals surface area contributed by atoms with Crippen molar-refractivity contribution < 1.29 is 5.11 Å². The van der Waals surface area contributed by atoms with Gasteiger partial charge in [-0.1, -0.05) is 45.9 Å². The highest BCUT2D eigenvalue weighted by molar-refractivity contribution is 9.10. The van der Waals surface area contributed by atoms with Gasteiger partial charge in [-0.25, -0.2) is 0 Å². The molecule has 0 radical (unpaired) electrons. The Morgan fingerprint density at radius 2 is 1.74 bits per heavy atom. The predicted octanol–water partition coefficient (Wildman–Crippen LogP) is 4.94. The lowest BCUT2D eigenvalue weighted by molar-refractivity contribution is 0.00489. The lowest BCUT2D eigenvalue weighted by Gasteiger charge is -2.42. The highest BCUT2D eigenvalue weighted by atomic mass is 79.9. The number of piperazine rings is 1. The van der Waals surface area contributed by atoms with E-state index in [2.05, 4.69) is 86.6 Å². The molecule has 0 spiro atoms. The molecule has 0 aliphatic carbocycles. The van der Waals surface area contributed by atoms with Crippen LogP contribution in [0.15, 0.2) is 51.9 Å². The second kappa shape index (κ2) is 8.10. The average Bonchev–Trinajstić information content (AvgIpc) is 3.26. The number of benzene rings is 2. The Morgan fingerprint density at radius 3 is 2.42 bits per heavy atom. The van der Waals surface area contributed by atoms with E-state index < -0.39 is 6.10 Å². The SMILES string of the molecule is CC(O)C(N1CCN(C2=NCC(C)(C)S2)CC1)n1c2ccccc2c2cc(Br)ccc21. The predicted molar refractivity (Wildman–Crippen MR) is 135 cm³/mol. The van der Waals surface area contributed by atoms with Gasteiger partial charge >= 0.3 is 0 Å². The Morgan fingerprint density at radius 1 is 1.03 bits per heavy atom. The summed E-state index contributed by atoms with van der Waals surface area (Å²) in [6.45, 7) is 11.0. The van der Waals surface area contributed by atoms with Crippen molar-refractivity contribution in [3.63, 3.8) is 0 Å². The van der Waals surface area contributed by atoms with Crippen LogP contribution in [-0.4, -0.2) is 68.2 Å². The van der Waals surface area contributed by atoms with E-state index in [1.165, 1.54) is 21.5 Å². The molecule has 1 saturated heterocycles. The zero-order valence-corrected chi connectivity index (χ0v) is 20.7. The van der Waals surface area contributed by atoms with Crippen LogP contribution in [-0.2, 0) is 0 Å². The Balaban J connectivity index is 1.48. The second-order valence-electron chi connectivity index (χ2n) is 9.19. The third-order valence-electron chi connectivity index (χ3n) is 6.29. The molecule has 0 saturated carbocycles. The maximum Gasteiger partial charge on any atom is 0.159 e. The minimum Gasteiger partial charge on any atom is -0.390 e. The molecule has 7 heteroatoms. The number of halogens is 1. The fourth-order valence-corrected chi connectivity index (χ4v) is 6.28. The number of thioether (sulfide) groups is 1. The first-order valence-electron chi connectivity index (χ1n) is 10.9. The van der Waals surface area contributed by atoms with Gasteiger partial charge in [0.2, 0.25) is 0 Å². The van der Waals surface area contributed by atoms with E-state index in [-0.39, 0.29) is 10.9 Å². The molecule has 0 bridgehead atoms. The monoisotopic (exact) mass is 500 g/mol. The molecule has 1 fully saturated rings. The number of para-hydroxylation sites is 1. The summed E-state index contributed by atoms with van der Waals surface area (Å²) >= 11 is 5.52. The van der Waals surface area contributed by atoms with Crippen LogP contribution >= 0.6 is 27.7 Å². The second-order valence-corrected chi connectivity index (χ2v) is 11.8. The molecule has 31 heavy (non-hydrogen) atoms. The smallest absolute Gasteiger partial charge is 0.159 e. The maximum absolute atomic E-state index is 10.9. The van der Waals surface area contributed by atoms with Crippen molar-refractivity contribution in [3.8, 4) is 0 Å². The molecular formula is C24H29BrN4OS. The minimum absolute atomic E-state index is 0.111. The van der Waals surface area contributed by atoms with E-state index in [0.29, 0.717) is 0 Å². The van der Waals surface area contributed by atoms with Crippen LogP contribution < -0.4 is 0 Å². The van der Waals surface area contributed by atoms with Crippen LogP contribution in [0.4, 0.5) is 0 Å². The van der Waals surface area contributed by atoms with Crippen LogP contribution in [0.2, 0.25) is 0 Å². The molecule has 1 N–H and O–H groups in total. The number of nitrogens with zero attached hydrogens (tertiary/aromatic N) is 4. The molecular weight excluding hydrogens is 472 g/mol. The fourth-order valence-electron chi connectivity index (χ4n) is 4.86. The summed E-state index contributed by atoms with van der Waals surface area (Å²) in [5.41, 5.74) is 2.33. The number of aliphatic imine (C=N–C) groups is 1. The molecule has 2 aromatic carbocycles. The molecule has 164 valence electrons. The van der Waals surface area contributed by atoms with Crippen molar-refractivity contribution in [2.75, 3.05) is 32.7 Å². The number of hydrogen-bond acceptors (Lipinski definition) is 5. The van der Waals surface area contributed by atoms with Gasteiger partial charge in [0.15, 0.2) is 5.17 Å². The first-order valence-corrected chi connectivity index (χ1v) is 12.5. The standard InChI is InChI=1S/C24H29BrN4OS/c1-16(30)22(27-10-12-28(13-11-27)23-26-15-24(2,3)31-23)29-20-7-5-4-6-18(20)19-14-17(25)8-9-21(19)29/h4-9,14,16,22,30H,10-13,15H2,1-3H3. The zero-order chi connectivity index (χ0) is 21.8. The molecule has 1 aromatic heterocycles. The Labute approximate surface area is 196 Å². The zero-order valence-electron chi connectivity index (χ0n) is 18.3. The summed E-state index contributed by atoms with van der Waals surface area (Å²) in [5.74, 6) is 0. The molecule has 5 nitrogen and oxygen atoms in total. The van der Waals surface area contributed by atoms with Gasteiger partial charge in [-0.15, -0.1) is 0 Å². The Hall–Kier alpha value is -1.54. The van der Waals surface area contributed by atoms with E-state index in [1.807, 2.05) is 18.7 Å². The normalized spacial score (nSPS) is 21.6. The summed E-state index contributed by atoms with van der Waals surface area (Å²) < 4.78 is 3.61. The van der Waals surface area contributed by atoms with Gasteiger partial charge in [0.1, 0.15) is 6.17 Å². The van der Waals surface area contributed by atoms with Crippen LogP contribution in [0.1, 0.15) is 26.9 Å². The van der Waals surface area contributed by atoms with Gasteiger partial charge in [-0.2, -0.15) is 0 Å². The van der Waals surface area contributed by atoms with Crippen LogP contribution in [0, 0.1) is 0 Å². The molecule has 2 unspecified atom stereocenters. The van der Waals surface area contributed by atoms with Gasteiger partial charge in [0.05, 0.1) is 23.7 Å². The number of aromatic nitrogens is 1. The van der Waals surface area contributed by atoms with Gasteiger partial charge in [0, 0.05) is 46.2 Å². The summed E-state index contributed by atoms with van der Waals surface area (Å²) in [6, 6.07) is 15.0. The third-order valence-corrected chi connectivity index (χ3v) is 8.03. The molecule has 2 atom stereocenters. The van der Waals surface area contributed by atoms with Crippen molar-refractivity contribution in [1.29, 1.82) is 0 Å². The van der Waals surface area contributed by atoms with Crippen molar-refractivity contribution in [1.82, 2.24) is 14.4 Å². The first kappa shape index (κ1) is 21.3. The number of hydrogen-bond donors (Lipinski definition) is 1. The third kappa shape index (κ3) is 3.90. The number of aliphatic hydroxyl groups excluding tert-OH is 1. The number of fused-ring (bicyclic) bond motifs is 3. The molecule has 2 aliphatic heterocycles. The average molecular weight is 501 g/mol. The van der Waals surface area contributed by atoms with Crippen molar-refractivity contribution in [3.05, 3.63) is 46.9 Å². The van der Waals surface area contributed by atoms with Gasteiger partial charge in [0.25, 0.3) is 0 Å². The van der Waals surface area contributed by atoms with Crippen LogP contribution in [0.3, 0.4) is 0 Å². The molecule has 0 amide bonds. The molecule has 3 aromatic rings. The summed E-state index contributed by atoms with van der Waals surface area (Å²) in [5, 5.41) is 14.6. The topological polar surface area (TPSA) is 44.0 Å². The van der Waals surface area contributed by atoms with Crippen molar-refractivity contribution in [2.45, 2.75) is 37.8 Å².